The number of rotatable bonds is 6. The molecule has 0 aliphatic rings. The molecule has 0 saturated heterocycles. The molecule has 2 aromatic heterocycles. The highest BCUT2D eigenvalue weighted by molar-refractivity contribution is 8.03. The zero-order valence-corrected chi connectivity index (χ0v) is 15.0. The summed E-state index contributed by atoms with van der Waals surface area (Å²) in [5, 5.41) is 20.2. The van der Waals surface area contributed by atoms with Crippen molar-refractivity contribution < 1.29 is 4.92 Å². The standard InChI is InChI=1S/C15H12N4O2S3/c1-2-22-14-17-18-15(24-14)23-12-9-8-11(19(20)21)13(16-12)10-6-4-3-5-7-10/h3-9H,2H2,1H3. The molecule has 3 aromatic rings. The molecule has 0 spiro atoms. The molecular weight excluding hydrogens is 364 g/mol. The molecule has 2 heterocycles. The third kappa shape index (κ3) is 3.92. The maximum Gasteiger partial charge on any atom is 0.295 e. The Hall–Kier alpha value is -1.97. The maximum absolute atomic E-state index is 11.3. The van der Waals surface area contributed by atoms with Crippen LogP contribution >= 0.6 is 34.9 Å². The Morgan fingerprint density at radius 2 is 1.88 bits per heavy atom. The molecule has 0 amide bonds. The van der Waals surface area contributed by atoms with Gasteiger partial charge in [-0.15, -0.1) is 10.2 Å². The summed E-state index contributed by atoms with van der Waals surface area (Å²) in [5.41, 5.74) is 1.06. The van der Waals surface area contributed by atoms with Crippen LogP contribution in [-0.4, -0.2) is 25.9 Å². The lowest BCUT2D eigenvalue weighted by atomic mass is 10.1. The molecule has 24 heavy (non-hydrogen) atoms. The van der Waals surface area contributed by atoms with Crippen LogP contribution in [0.4, 0.5) is 5.69 Å². The summed E-state index contributed by atoms with van der Waals surface area (Å²) in [4.78, 5) is 15.3. The van der Waals surface area contributed by atoms with Gasteiger partial charge in [0.05, 0.1) is 4.92 Å². The van der Waals surface area contributed by atoms with Gasteiger partial charge in [-0.1, -0.05) is 60.4 Å². The summed E-state index contributed by atoms with van der Waals surface area (Å²) in [6, 6.07) is 12.3. The maximum atomic E-state index is 11.3. The number of hydrogen-bond donors (Lipinski definition) is 0. The van der Waals surface area contributed by atoms with E-state index in [2.05, 4.69) is 22.1 Å². The van der Waals surface area contributed by atoms with Crippen LogP contribution in [0.25, 0.3) is 11.3 Å². The number of hydrogen-bond acceptors (Lipinski definition) is 8. The molecule has 6 nitrogen and oxygen atoms in total. The van der Waals surface area contributed by atoms with Crippen LogP contribution in [0.2, 0.25) is 0 Å². The Morgan fingerprint density at radius 1 is 1.12 bits per heavy atom. The third-order valence-electron chi connectivity index (χ3n) is 2.94. The van der Waals surface area contributed by atoms with Crippen LogP contribution in [0.5, 0.6) is 0 Å². The normalized spacial score (nSPS) is 10.7. The molecule has 0 radical (unpaired) electrons. The van der Waals surface area contributed by atoms with E-state index in [0.29, 0.717) is 16.3 Å². The second-order valence-corrected chi connectivity index (χ2v) is 8.27. The summed E-state index contributed by atoms with van der Waals surface area (Å²) in [6.45, 7) is 2.06. The minimum absolute atomic E-state index is 0.00922. The molecule has 0 N–H and O–H groups in total. The second-order valence-electron chi connectivity index (χ2n) is 4.51. The van der Waals surface area contributed by atoms with Crippen molar-refractivity contribution in [2.24, 2.45) is 0 Å². The molecule has 3 rings (SSSR count). The molecule has 0 saturated carbocycles. The van der Waals surface area contributed by atoms with E-state index >= 15 is 0 Å². The Balaban J connectivity index is 1.93. The van der Waals surface area contributed by atoms with E-state index < -0.39 is 4.92 Å². The fraction of sp³-hybridized carbons (Fsp3) is 0.133. The average Bonchev–Trinajstić information content (AvgIpc) is 3.03. The van der Waals surface area contributed by atoms with Crippen LogP contribution in [0.3, 0.4) is 0 Å². The van der Waals surface area contributed by atoms with Crippen molar-refractivity contribution in [2.45, 2.75) is 20.6 Å². The zero-order chi connectivity index (χ0) is 16.9. The molecule has 0 fully saturated rings. The summed E-state index contributed by atoms with van der Waals surface area (Å²) < 4.78 is 1.68. The fourth-order valence-corrected chi connectivity index (χ4v) is 4.79. The van der Waals surface area contributed by atoms with Crippen LogP contribution in [-0.2, 0) is 0 Å². The highest BCUT2D eigenvalue weighted by Gasteiger charge is 2.18. The highest BCUT2D eigenvalue weighted by atomic mass is 32.2. The van der Waals surface area contributed by atoms with Gasteiger partial charge in [0.15, 0.2) is 8.68 Å². The van der Waals surface area contributed by atoms with E-state index in [9.17, 15) is 10.1 Å². The number of nitro groups is 1. The van der Waals surface area contributed by atoms with E-state index in [1.54, 1.807) is 17.8 Å². The Morgan fingerprint density at radius 3 is 2.58 bits per heavy atom. The molecule has 1 aromatic carbocycles. The largest absolute Gasteiger partial charge is 0.295 e. The number of aromatic nitrogens is 3. The molecule has 0 atom stereocenters. The van der Waals surface area contributed by atoms with Crippen molar-refractivity contribution in [3.05, 3.63) is 52.6 Å². The molecule has 0 bridgehead atoms. The Labute approximate surface area is 150 Å². The van der Waals surface area contributed by atoms with E-state index in [-0.39, 0.29) is 5.69 Å². The van der Waals surface area contributed by atoms with Gasteiger partial charge < -0.3 is 0 Å². The average molecular weight is 376 g/mol. The van der Waals surface area contributed by atoms with E-state index in [1.165, 1.54) is 29.2 Å². The van der Waals surface area contributed by atoms with Gasteiger partial charge >= 0.3 is 0 Å². The first-order chi connectivity index (χ1) is 11.7. The van der Waals surface area contributed by atoms with E-state index in [0.717, 1.165) is 14.4 Å². The lowest BCUT2D eigenvalue weighted by molar-refractivity contribution is -0.384. The second kappa shape index (κ2) is 7.73. The van der Waals surface area contributed by atoms with Gasteiger partial charge in [-0.25, -0.2) is 4.98 Å². The summed E-state index contributed by atoms with van der Waals surface area (Å²) in [7, 11) is 0. The van der Waals surface area contributed by atoms with Gasteiger partial charge in [0.2, 0.25) is 0 Å². The highest BCUT2D eigenvalue weighted by Crippen LogP contribution is 2.35. The smallest absolute Gasteiger partial charge is 0.258 e. The van der Waals surface area contributed by atoms with Gasteiger partial charge in [-0.2, -0.15) is 0 Å². The molecule has 9 heteroatoms. The van der Waals surface area contributed by atoms with Crippen molar-refractivity contribution >= 4 is 40.5 Å². The zero-order valence-electron chi connectivity index (χ0n) is 12.6. The summed E-state index contributed by atoms with van der Waals surface area (Å²) in [6.07, 6.45) is 0. The van der Waals surface area contributed by atoms with Crippen molar-refractivity contribution in [3.8, 4) is 11.3 Å². The van der Waals surface area contributed by atoms with Crippen LogP contribution in [0, 0.1) is 10.1 Å². The van der Waals surface area contributed by atoms with Crippen molar-refractivity contribution in [2.75, 3.05) is 5.75 Å². The van der Waals surface area contributed by atoms with E-state index in [1.807, 2.05) is 30.3 Å². The van der Waals surface area contributed by atoms with Gasteiger partial charge in [0, 0.05) is 11.6 Å². The van der Waals surface area contributed by atoms with Crippen LogP contribution < -0.4 is 0 Å². The lowest BCUT2D eigenvalue weighted by Gasteiger charge is -2.04. The topological polar surface area (TPSA) is 81.8 Å². The number of thioether (sulfide) groups is 1. The predicted molar refractivity (Wildman–Crippen MR) is 96.8 cm³/mol. The summed E-state index contributed by atoms with van der Waals surface area (Å²) in [5.74, 6) is 0.938. The Kier molecular flexibility index (Phi) is 5.44. The minimum atomic E-state index is -0.412. The number of benzene rings is 1. The van der Waals surface area contributed by atoms with Crippen molar-refractivity contribution in [1.82, 2.24) is 15.2 Å². The van der Waals surface area contributed by atoms with Gasteiger partial charge in [0.25, 0.3) is 5.69 Å². The SMILES string of the molecule is CCSc1nnc(Sc2ccc([N+](=O)[O-])c(-c3ccccc3)n2)s1. The Bertz CT molecular complexity index is 855. The third-order valence-corrected chi connectivity index (χ3v) is 5.87. The number of nitrogens with zero attached hydrogens (tertiary/aromatic N) is 4. The monoisotopic (exact) mass is 376 g/mol. The van der Waals surface area contributed by atoms with Gasteiger partial charge in [0.1, 0.15) is 10.7 Å². The molecule has 0 aliphatic heterocycles. The van der Waals surface area contributed by atoms with Crippen LogP contribution in [0.15, 0.2) is 56.2 Å². The molecular formula is C15H12N4O2S3. The molecule has 0 unspecified atom stereocenters. The molecule has 0 aliphatic carbocycles. The quantitative estimate of drug-likeness (QED) is 0.348. The van der Waals surface area contributed by atoms with Crippen molar-refractivity contribution in [1.29, 1.82) is 0 Å². The van der Waals surface area contributed by atoms with Gasteiger partial charge in [-0.05, 0) is 23.6 Å². The van der Waals surface area contributed by atoms with Crippen LogP contribution in [0.1, 0.15) is 6.92 Å². The minimum Gasteiger partial charge on any atom is -0.258 e. The summed E-state index contributed by atoms with van der Waals surface area (Å²) >= 11 is 4.49. The number of pyridine rings is 1. The fourth-order valence-electron chi connectivity index (χ4n) is 1.96. The first kappa shape index (κ1) is 16.9. The van der Waals surface area contributed by atoms with Gasteiger partial charge in [-0.3, -0.25) is 10.1 Å². The first-order valence-corrected chi connectivity index (χ1v) is 9.64. The molecule has 122 valence electrons. The van der Waals surface area contributed by atoms with E-state index in [4.69, 9.17) is 0 Å². The van der Waals surface area contributed by atoms with Crippen molar-refractivity contribution in [3.63, 3.8) is 0 Å². The first-order valence-electron chi connectivity index (χ1n) is 7.02. The lowest BCUT2D eigenvalue weighted by Crippen LogP contribution is -1.95. The predicted octanol–water partition coefficient (Wildman–Crippen LogP) is 4.77.